The number of thiocarbonyl (C=S) groups is 1. The number of anilines is 1. The number of carbonyl (C=O) groups is 1. The third kappa shape index (κ3) is 4.66. The summed E-state index contributed by atoms with van der Waals surface area (Å²) in [6.07, 6.45) is 0.185. The number of halogens is 1. The van der Waals surface area contributed by atoms with Crippen molar-refractivity contribution < 1.29 is 9.72 Å². The molecule has 3 rings (SSSR count). The number of nitrogens with zero attached hydrogens (tertiary/aromatic N) is 1. The fourth-order valence-corrected chi connectivity index (χ4v) is 3.35. The minimum absolute atomic E-state index is 0.0432. The lowest BCUT2D eigenvalue weighted by Gasteiger charge is -2.11. The van der Waals surface area contributed by atoms with E-state index in [4.69, 9.17) is 12.2 Å². The van der Waals surface area contributed by atoms with Crippen LogP contribution in [0.2, 0.25) is 0 Å². The van der Waals surface area contributed by atoms with Crippen molar-refractivity contribution in [3.05, 3.63) is 80.8 Å². The first-order valence-electron chi connectivity index (χ1n) is 7.95. The van der Waals surface area contributed by atoms with Gasteiger partial charge in [0.2, 0.25) is 5.91 Å². The number of amides is 1. The molecule has 0 aliphatic heterocycles. The lowest BCUT2D eigenvalue weighted by molar-refractivity contribution is -0.384. The van der Waals surface area contributed by atoms with Crippen LogP contribution in [0, 0.1) is 10.1 Å². The summed E-state index contributed by atoms with van der Waals surface area (Å²) in [5, 5.41) is 18.5. The molecule has 0 bridgehead atoms. The Kier molecular flexibility index (Phi) is 5.78. The summed E-state index contributed by atoms with van der Waals surface area (Å²) >= 11 is 8.42. The largest absolute Gasteiger partial charge is 0.331 e. The van der Waals surface area contributed by atoms with Gasteiger partial charge in [-0.3, -0.25) is 14.9 Å². The van der Waals surface area contributed by atoms with Gasteiger partial charge in [-0.2, -0.15) is 0 Å². The normalized spacial score (nSPS) is 10.4. The Hall–Kier alpha value is -2.84. The van der Waals surface area contributed by atoms with Gasteiger partial charge in [-0.15, -0.1) is 0 Å². The molecule has 3 aromatic carbocycles. The van der Waals surface area contributed by atoms with E-state index in [1.165, 1.54) is 18.2 Å². The first-order valence-corrected chi connectivity index (χ1v) is 9.15. The van der Waals surface area contributed by atoms with Crippen LogP contribution < -0.4 is 10.6 Å². The molecule has 8 heteroatoms. The molecule has 1 amide bonds. The van der Waals surface area contributed by atoms with Crippen LogP contribution in [-0.2, 0) is 11.2 Å². The van der Waals surface area contributed by atoms with Crippen LogP contribution in [0.25, 0.3) is 10.8 Å². The van der Waals surface area contributed by atoms with Crippen LogP contribution in [-0.4, -0.2) is 15.9 Å². The van der Waals surface area contributed by atoms with Crippen LogP contribution in [0.1, 0.15) is 5.56 Å². The number of hydrogen-bond donors (Lipinski definition) is 2. The zero-order valence-corrected chi connectivity index (χ0v) is 16.3. The van der Waals surface area contributed by atoms with Crippen molar-refractivity contribution in [3.8, 4) is 0 Å². The number of benzene rings is 3. The van der Waals surface area contributed by atoms with E-state index in [2.05, 4.69) is 26.6 Å². The maximum Gasteiger partial charge on any atom is 0.270 e. The van der Waals surface area contributed by atoms with Gasteiger partial charge in [-0.05, 0) is 50.6 Å². The van der Waals surface area contributed by atoms with Gasteiger partial charge in [-0.25, -0.2) is 0 Å². The standard InChI is InChI=1S/C19H14BrN3O3S/c20-16-11-14(23(25)26)8-9-17(16)21-19(27)22-18(24)10-13-6-3-5-12-4-1-2-7-15(12)13/h1-9,11H,10H2,(H2,21,22,24,27). The van der Waals surface area contributed by atoms with E-state index in [0.29, 0.717) is 10.2 Å². The van der Waals surface area contributed by atoms with Gasteiger partial charge >= 0.3 is 0 Å². The van der Waals surface area contributed by atoms with Crippen molar-refractivity contribution in [3.63, 3.8) is 0 Å². The van der Waals surface area contributed by atoms with E-state index in [1.54, 1.807) is 0 Å². The number of carbonyl (C=O) groups excluding carboxylic acids is 1. The van der Waals surface area contributed by atoms with Gasteiger partial charge in [0, 0.05) is 16.6 Å². The van der Waals surface area contributed by atoms with Crippen LogP contribution >= 0.6 is 28.1 Å². The molecule has 0 saturated carbocycles. The number of nitrogens with one attached hydrogen (secondary N) is 2. The van der Waals surface area contributed by atoms with Gasteiger partial charge in [0.05, 0.1) is 17.0 Å². The average Bonchev–Trinajstić information content (AvgIpc) is 2.63. The van der Waals surface area contributed by atoms with Crippen LogP contribution in [0.4, 0.5) is 11.4 Å². The molecule has 0 fully saturated rings. The van der Waals surface area contributed by atoms with E-state index in [-0.39, 0.29) is 23.1 Å². The minimum Gasteiger partial charge on any atom is -0.331 e. The number of non-ortho nitro benzene ring substituents is 1. The Bertz CT molecular complexity index is 1050. The molecule has 0 unspecified atom stereocenters. The zero-order valence-electron chi connectivity index (χ0n) is 13.9. The third-order valence-corrected chi connectivity index (χ3v) is 4.76. The van der Waals surface area contributed by atoms with Crippen LogP contribution in [0.15, 0.2) is 65.1 Å². The predicted octanol–water partition coefficient (Wildman–Crippen LogP) is 4.57. The van der Waals surface area contributed by atoms with Crippen molar-refractivity contribution in [1.82, 2.24) is 5.32 Å². The first kappa shape index (κ1) is 18.9. The molecule has 0 aliphatic rings. The smallest absolute Gasteiger partial charge is 0.270 e. The van der Waals surface area contributed by atoms with Gasteiger partial charge in [-0.1, -0.05) is 42.5 Å². The predicted molar refractivity (Wildman–Crippen MR) is 113 cm³/mol. The molecule has 6 nitrogen and oxygen atoms in total. The number of fused-ring (bicyclic) bond motifs is 1. The number of rotatable bonds is 4. The topological polar surface area (TPSA) is 84.3 Å². The maximum absolute atomic E-state index is 12.3. The van der Waals surface area contributed by atoms with Crippen LogP contribution in [0.5, 0.6) is 0 Å². The van der Waals surface area contributed by atoms with Crippen molar-refractivity contribution in [2.45, 2.75) is 6.42 Å². The highest BCUT2D eigenvalue weighted by Gasteiger charge is 2.12. The molecule has 0 saturated heterocycles. The Balaban J connectivity index is 1.66. The lowest BCUT2D eigenvalue weighted by atomic mass is 10.0. The molecule has 0 spiro atoms. The van der Waals surface area contributed by atoms with Crippen LogP contribution in [0.3, 0.4) is 0 Å². The molecule has 0 aromatic heterocycles. The molecule has 2 N–H and O–H groups in total. The first-order chi connectivity index (χ1) is 12.9. The summed E-state index contributed by atoms with van der Waals surface area (Å²) < 4.78 is 0.474. The molecular formula is C19H14BrN3O3S. The molecule has 136 valence electrons. The fraction of sp³-hybridized carbons (Fsp3) is 0.0526. The number of nitro benzene ring substituents is 1. The lowest BCUT2D eigenvalue weighted by Crippen LogP contribution is -2.35. The Labute approximate surface area is 168 Å². The second kappa shape index (κ2) is 8.24. The summed E-state index contributed by atoms with van der Waals surface area (Å²) in [6, 6.07) is 17.9. The van der Waals surface area contributed by atoms with Gasteiger partial charge < -0.3 is 10.6 Å². The second-order valence-corrected chi connectivity index (χ2v) is 7.00. The van der Waals surface area contributed by atoms with Crippen molar-refractivity contribution >= 4 is 61.3 Å². The molecule has 27 heavy (non-hydrogen) atoms. The van der Waals surface area contributed by atoms with E-state index in [9.17, 15) is 14.9 Å². The molecule has 0 radical (unpaired) electrons. The highest BCUT2D eigenvalue weighted by Crippen LogP contribution is 2.27. The van der Waals surface area contributed by atoms with E-state index < -0.39 is 4.92 Å². The number of nitro groups is 1. The molecule has 3 aromatic rings. The summed E-state index contributed by atoms with van der Waals surface area (Å²) in [6.45, 7) is 0. The summed E-state index contributed by atoms with van der Waals surface area (Å²) in [7, 11) is 0. The Morgan fingerprint density at radius 3 is 2.59 bits per heavy atom. The molecule has 0 heterocycles. The summed E-state index contributed by atoms with van der Waals surface area (Å²) in [5.41, 5.74) is 1.39. The summed E-state index contributed by atoms with van der Waals surface area (Å²) in [5.74, 6) is -0.248. The Morgan fingerprint density at radius 1 is 1.11 bits per heavy atom. The minimum atomic E-state index is -0.487. The molecule has 0 aliphatic carbocycles. The third-order valence-electron chi connectivity index (χ3n) is 3.90. The van der Waals surface area contributed by atoms with E-state index in [1.807, 2.05) is 42.5 Å². The molecule has 0 atom stereocenters. The second-order valence-electron chi connectivity index (χ2n) is 5.74. The quantitative estimate of drug-likeness (QED) is 0.350. The highest BCUT2D eigenvalue weighted by molar-refractivity contribution is 9.10. The maximum atomic E-state index is 12.3. The average molecular weight is 444 g/mol. The van der Waals surface area contributed by atoms with Gasteiger partial charge in [0.15, 0.2) is 5.11 Å². The van der Waals surface area contributed by atoms with E-state index in [0.717, 1.165) is 16.3 Å². The van der Waals surface area contributed by atoms with Crippen molar-refractivity contribution in [2.75, 3.05) is 5.32 Å². The van der Waals surface area contributed by atoms with Gasteiger partial charge in [0.25, 0.3) is 5.69 Å². The van der Waals surface area contributed by atoms with E-state index >= 15 is 0 Å². The monoisotopic (exact) mass is 443 g/mol. The van der Waals surface area contributed by atoms with Crippen molar-refractivity contribution in [1.29, 1.82) is 0 Å². The Morgan fingerprint density at radius 2 is 1.85 bits per heavy atom. The zero-order chi connectivity index (χ0) is 19.4. The number of hydrogen-bond acceptors (Lipinski definition) is 4. The highest BCUT2D eigenvalue weighted by atomic mass is 79.9. The fourth-order valence-electron chi connectivity index (χ4n) is 2.66. The van der Waals surface area contributed by atoms with Crippen molar-refractivity contribution in [2.24, 2.45) is 0 Å². The SMILES string of the molecule is O=C(Cc1cccc2ccccc12)NC(=S)Nc1ccc([N+](=O)[O-])cc1Br. The summed E-state index contributed by atoms with van der Waals surface area (Å²) in [4.78, 5) is 22.6. The molecular weight excluding hydrogens is 430 g/mol. The van der Waals surface area contributed by atoms with Gasteiger partial charge in [0.1, 0.15) is 0 Å².